The van der Waals surface area contributed by atoms with Crippen LogP contribution >= 0.6 is 0 Å². The number of carboxylic acid groups (broad SMARTS) is 1. The molecule has 1 aliphatic rings. The smallest absolute Gasteiger partial charge is 0.336 e. The fourth-order valence-corrected chi connectivity index (χ4v) is 2.24. The first-order valence-electron chi connectivity index (χ1n) is 6.21. The number of carboxylic acids is 1. The Morgan fingerprint density at radius 2 is 2.22 bits per heavy atom. The maximum atomic E-state index is 13.1. The second-order valence-electron chi connectivity index (χ2n) is 5.10. The van der Waals surface area contributed by atoms with Crippen LogP contribution in [0.5, 0.6) is 0 Å². The number of hydrogen-bond acceptors (Lipinski definition) is 2. The Bertz CT molecular complexity index is 457. The number of benzene rings is 1. The highest BCUT2D eigenvalue weighted by molar-refractivity contribution is 5.89. The molecule has 1 aromatic carbocycles. The Kier molecular flexibility index (Phi) is 3.66. The van der Waals surface area contributed by atoms with Crippen LogP contribution in [0.2, 0.25) is 0 Å². The van der Waals surface area contributed by atoms with Crippen molar-refractivity contribution in [2.45, 2.75) is 32.4 Å². The molecule has 0 saturated heterocycles. The minimum atomic E-state index is -1.07. The van der Waals surface area contributed by atoms with E-state index >= 15 is 0 Å². The summed E-state index contributed by atoms with van der Waals surface area (Å²) in [5.41, 5.74) is 0.726. The van der Waals surface area contributed by atoms with Gasteiger partial charge in [-0.2, -0.15) is 0 Å². The number of rotatable bonds is 5. The van der Waals surface area contributed by atoms with E-state index in [1.54, 1.807) is 6.07 Å². The summed E-state index contributed by atoms with van der Waals surface area (Å²) in [4.78, 5) is 13.2. The molecule has 18 heavy (non-hydrogen) atoms. The van der Waals surface area contributed by atoms with Gasteiger partial charge < -0.3 is 5.11 Å². The van der Waals surface area contributed by atoms with Crippen molar-refractivity contribution in [2.24, 2.45) is 5.92 Å². The maximum Gasteiger partial charge on any atom is 0.336 e. The second-order valence-corrected chi connectivity index (χ2v) is 5.10. The molecular weight excluding hydrogens is 233 g/mol. The molecule has 0 radical (unpaired) electrons. The summed E-state index contributed by atoms with van der Waals surface area (Å²) in [5, 5.41) is 9.08. The van der Waals surface area contributed by atoms with Crippen molar-refractivity contribution in [3.05, 3.63) is 35.1 Å². The lowest BCUT2D eigenvalue weighted by Crippen LogP contribution is -2.30. The van der Waals surface area contributed by atoms with E-state index in [2.05, 4.69) is 11.8 Å². The molecule has 0 spiro atoms. The van der Waals surface area contributed by atoms with Gasteiger partial charge in [0.1, 0.15) is 5.82 Å². The average Bonchev–Trinajstić information content (AvgIpc) is 3.14. The Morgan fingerprint density at radius 1 is 1.56 bits per heavy atom. The quantitative estimate of drug-likeness (QED) is 0.874. The van der Waals surface area contributed by atoms with Gasteiger partial charge in [0.15, 0.2) is 0 Å². The largest absolute Gasteiger partial charge is 0.478 e. The number of halogens is 1. The third-order valence-corrected chi connectivity index (χ3v) is 3.72. The first kappa shape index (κ1) is 13.0. The lowest BCUT2D eigenvalue weighted by atomic mass is 10.1. The zero-order chi connectivity index (χ0) is 13.3. The van der Waals surface area contributed by atoms with Gasteiger partial charge >= 0.3 is 5.97 Å². The highest BCUT2D eigenvalue weighted by Crippen LogP contribution is 2.35. The lowest BCUT2D eigenvalue weighted by molar-refractivity contribution is 0.0693. The number of aromatic carboxylic acids is 1. The van der Waals surface area contributed by atoms with E-state index in [1.165, 1.54) is 18.9 Å². The molecule has 98 valence electrons. The van der Waals surface area contributed by atoms with Crippen molar-refractivity contribution in [3.63, 3.8) is 0 Å². The summed E-state index contributed by atoms with van der Waals surface area (Å²) in [7, 11) is 1.98. The van der Waals surface area contributed by atoms with Crippen LogP contribution in [0.15, 0.2) is 18.2 Å². The van der Waals surface area contributed by atoms with E-state index < -0.39 is 11.8 Å². The van der Waals surface area contributed by atoms with Crippen molar-refractivity contribution < 1.29 is 14.3 Å². The lowest BCUT2D eigenvalue weighted by Gasteiger charge is -2.25. The van der Waals surface area contributed by atoms with Crippen LogP contribution < -0.4 is 0 Å². The summed E-state index contributed by atoms with van der Waals surface area (Å²) < 4.78 is 13.1. The van der Waals surface area contributed by atoms with Crippen LogP contribution in [0.4, 0.5) is 4.39 Å². The average molecular weight is 251 g/mol. The van der Waals surface area contributed by atoms with E-state index in [1.807, 2.05) is 7.05 Å². The van der Waals surface area contributed by atoms with E-state index in [9.17, 15) is 9.18 Å². The predicted molar refractivity (Wildman–Crippen MR) is 67.0 cm³/mol. The van der Waals surface area contributed by atoms with Crippen LogP contribution in [0, 0.1) is 11.7 Å². The molecule has 1 N–H and O–H groups in total. The van der Waals surface area contributed by atoms with Gasteiger partial charge in [0.2, 0.25) is 0 Å². The topological polar surface area (TPSA) is 40.5 Å². The summed E-state index contributed by atoms with van der Waals surface area (Å²) in [6, 6.07) is 4.41. The van der Waals surface area contributed by atoms with Crippen LogP contribution in [0.3, 0.4) is 0 Å². The van der Waals surface area contributed by atoms with Gasteiger partial charge in [0.25, 0.3) is 0 Å². The van der Waals surface area contributed by atoms with Crippen LogP contribution in [0.1, 0.15) is 35.7 Å². The predicted octanol–water partition coefficient (Wildman–Crippen LogP) is 2.75. The van der Waals surface area contributed by atoms with Crippen LogP contribution in [-0.4, -0.2) is 29.1 Å². The van der Waals surface area contributed by atoms with E-state index in [4.69, 9.17) is 5.11 Å². The van der Waals surface area contributed by atoms with E-state index in [0.717, 1.165) is 12.0 Å². The summed E-state index contributed by atoms with van der Waals surface area (Å²) in [6.07, 6.45) is 2.50. The second kappa shape index (κ2) is 5.06. The highest BCUT2D eigenvalue weighted by atomic mass is 19.1. The Labute approximate surface area is 106 Å². The van der Waals surface area contributed by atoms with Crippen molar-refractivity contribution in [1.82, 2.24) is 4.90 Å². The van der Waals surface area contributed by atoms with E-state index in [0.29, 0.717) is 18.2 Å². The molecule has 1 unspecified atom stereocenters. The minimum Gasteiger partial charge on any atom is -0.478 e. The fraction of sp³-hybridized carbons (Fsp3) is 0.500. The zero-order valence-corrected chi connectivity index (χ0v) is 10.7. The number of hydrogen-bond donors (Lipinski definition) is 1. The Morgan fingerprint density at radius 3 is 2.78 bits per heavy atom. The summed E-state index contributed by atoms with van der Waals surface area (Å²) >= 11 is 0. The first-order valence-corrected chi connectivity index (χ1v) is 6.21. The molecule has 2 rings (SSSR count). The molecular formula is C14H18FNO2. The van der Waals surface area contributed by atoms with Gasteiger partial charge in [0.05, 0.1) is 5.56 Å². The first-order chi connectivity index (χ1) is 8.49. The molecule has 0 bridgehead atoms. The van der Waals surface area contributed by atoms with E-state index in [-0.39, 0.29) is 5.56 Å². The molecule has 1 fully saturated rings. The molecule has 0 aliphatic heterocycles. The number of nitrogens with zero attached hydrogens (tertiary/aromatic N) is 1. The highest BCUT2D eigenvalue weighted by Gasteiger charge is 2.30. The van der Waals surface area contributed by atoms with Gasteiger partial charge in [-0.25, -0.2) is 9.18 Å². The fourth-order valence-electron chi connectivity index (χ4n) is 2.24. The van der Waals surface area contributed by atoms with Gasteiger partial charge in [-0.15, -0.1) is 0 Å². The van der Waals surface area contributed by atoms with Crippen molar-refractivity contribution in [1.29, 1.82) is 0 Å². The molecule has 1 aromatic rings. The molecule has 1 saturated carbocycles. The Balaban J connectivity index is 2.14. The standard InChI is InChI=1S/C14H18FNO2/c1-9(10-3-4-10)16(2)8-11-5-6-12(15)7-13(11)14(17)18/h5-7,9-10H,3-4,8H2,1-2H3,(H,17,18). The molecule has 0 aromatic heterocycles. The monoisotopic (exact) mass is 251 g/mol. The third kappa shape index (κ3) is 2.88. The van der Waals surface area contributed by atoms with Gasteiger partial charge in [-0.05, 0) is 50.4 Å². The Hall–Kier alpha value is -1.42. The number of carbonyl (C=O) groups is 1. The van der Waals surface area contributed by atoms with Crippen molar-refractivity contribution in [3.8, 4) is 0 Å². The SMILES string of the molecule is CC(C1CC1)N(C)Cc1ccc(F)cc1C(=O)O. The van der Waals surface area contributed by atoms with Crippen molar-refractivity contribution >= 4 is 5.97 Å². The zero-order valence-electron chi connectivity index (χ0n) is 10.7. The normalized spacial score (nSPS) is 16.9. The maximum absolute atomic E-state index is 13.1. The molecule has 3 nitrogen and oxygen atoms in total. The summed E-state index contributed by atoms with van der Waals surface area (Å²) in [6.45, 7) is 2.70. The minimum absolute atomic E-state index is 0.0600. The van der Waals surface area contributed by atoms with Gasteiger partial charge in [0, 0.05) is 12.6 Å². The molecule has 0 amide bonds. The van der Waals surface area contributed by atoms with Gasteiger partial charge in [-0.3, -0.25) is 4.90 Å². The third-order valence-electron chi connectivity index (χ3n) is 3.72. The summed E-state index contributed by atoms with van der Waals surface area (Å²) in [5.74, 6) is -0.852. The van der Waals surface area contributed by atoms with Crippen molar-refractivity contribution in [2.75, 3.05) is 7.05 Å². The van der Waals surface area contributed by atoms with Gasteiger partial charge in [-0.1, -0.05) is 6.07 Å². The molecule has 1 atom stereocenters. The molecule has 0 heterocycles. The molecule has 1 aliphatic carbocycles. The van der Waals surface area contributed by atoms with Crippen LogP contribution in [0.25, 0.3) is 0 Å². The molecule has 4 heteroatoms. The van der Waals surface area contributed by atoms with Crippen LogP contribution in [-0.2, 0) is 6.54 Å².